The number of carbonyl (C=O) groups excluding carboxylic acids is 1. The third-order valence-corrected chi connectivity index (χ3v) is 4.96. The molecule has 0 bridgehead atoms. The number of rotatable bonds is 9. The molecule has 0 saturated heterocycles. The number of carbonyl (C=O) groups is 1. The number of aromatic nitrogens is 2. The molecule has 188 valence electrons. The van der Waals surface area contributed by atoms with Crippen molar-refractivity contribution >= 4 is 23.0 Å². The lowest BCUT2D eigenvalue weighted by atomic mass is 10.2. The Hall–Kier alpha value is -4.38. The van der Waals surface area contributed by atoms with Crippen molar-refractivity contribution in [3.05, 3.63) is 93.8 Å². The third kappa shape index (κ3) is 6.83. The van der Waals surface area contributed by atoms with Gasteiger partial charge in [-0.05, 0) is 42.8 Å². The number of phenols is 1. The van der Waals surface area contributed by atoms with Crippen LogP contribution in [0.4, 0.5) is 14.5 Å². The van der Waals surface area contributed by atoms with Gasteiger partial charge in [0, 0.05) is 31.4 Å². The Kier molecular flexibility index (Phi) is 9.01. The van der Waals surface area contributed by atoms with Crippen molar-refractivity contribution in [2.75, 3.05) is 13.2 Å². The van der Waals surface area contributed by atoms with Gasteiger partial charge in [0.25, 0.3) is 0 Å². The summed E-state index contributed by atoms with van der Waals surface area (Å²) in [6.45, 7) is 3.92. The first-order valence-corrected chi connectivity index (χ1v) is 10.9. The van der Waals surface area contributed by atoms with Crippen LogP contribution in [0.1, 0.15) is 23.1 Å². The second-order valence-electron chi connectivity index (χ2n) is 7.39. The number of aldehydes is 1. The predicted octanol–water partition coefficient (Wildman–Crippen LogP) is 5.04. The van der Waals surface area contributed by atoms with Gasteiger partial charge in [0.2, 0.25) is 5.82 Å². The van der Waals surface area contributed by atoms with Crippen molar-refractivity contribution < 1.29 is 33.1 Å². The van der Waals surface area contributed by atoms with Gasteiger partial charge in [-0.3, -0.25) is 14.9 Å². The molecule has 4 rings (SSSR count). The molecule has 0 saturated carbocycles. The Morgan fingerprint density at radius 2 is 1.86 bits per heavy atom. The summed E-state index contributed by atoms with van der Waals surface area (Å²) < 4.78 is 38.4. The summed E-state index contributed by atoms with van der Waals surface area (Å²) in [6, 6.07) is 14.3. The van der Waals surface area contributed by atoms with E-state index >= 15 is 0 Å². The highest BCUT2D eigenvalue weighted by Gasteiger charge is 2.13. The van der Waals surface area contributed by atoms with Crippen molar-refractivity contribution in [1.82, 2.24) is 9.55 Å². The van der Waals surface area contributed by atoms with Crippen LogP contribution in [0.15, 0.2) is 60.7 Å². The fraction of sp³-hybridized carbons (Fsp3) is 0.200. The number of fused-ring (bicyclic) bond motifs is 1. The molecule has 0 fully saturated rings. The van der Waals surface area contributed by atoms with Crippen molar-refractivity contribution in [2.24, 2.45) is 0 Å². The SMILES string of the molecule is CCOCCn1c(C=O)nc2ccc(OCc3ccc(F)cc3)cc21.O=[N+]([O-])c1ccc(O)cc1F. The molecule has 4 aromatic rings. The maximum Gasteiger partial charge on any atom is 0.305 e. The molecule has 0 aliphatic rings. The van der Waals surface area contributed by atoms with Crippen LogP contribution in [0.2, 0.25) is 0 Å². The van der Waals surface area contributed by atoms with E-state index in [1.165, 1.54) is 12.1 Å². The van der Waals surface area contributed by atoms with E-state index in [2.05, 4.69) is 4.98 Å². The second-order valence-corrected chi connectivity index (χ2v) is 7.39. The fourth-order valence-electron chi connectivity index (χ4n) is 3.23. The molecule has 1 aromatic heterocycles. The number of hydrogen-bond donors (Lipinski definition) is 1. The summed E-state index contributed by atoms with van der Waals surface area (Å²) in [5, 5.41) is 18.7. The quantitative estimate of drug-likeness (QED) is 0.148. The summed E-state index contributed by atoms with van der Waals surface area (Å²) in [7, 11) is 0. The van der Waals surface area contributed by atoms with Gasteiger partial charge < -0.3 is 19.1 Å². The predicted molar refractivity (Wildman–Crippen MR) is 127 cm³/mol. The zero-order valence-electron chi connectivity index (χ0n) is 19.3. The Morgan fingerprint density at radius 1 is 1.11 bits per heavy atom. The van der Waals surface area contributed by atoms with Gasteiger partial charge in [0.1, 0.15) is 23.9 Å². The highest BCUT2D eigenvalue weighted by molar-refractivity contribution is 5.84. The molecule has 0 unspecified atom stereocenters. The number of nitrogens with zero attached hydrogens (tertiary/aromatic N) is 3. The van der Waals surface area contributed by atoms with Gasteiger partial charge in [-0.1, -0.05) is 12.1 Å². The number of ether oxygens (including phenoxy) is 2. The zero-order chi connectivity index (χ0) is 26.1. The van der Waals surface area contributed by atoms with E-state index in [9.17, 15) is 23.7 Å². The zero-order valence-corrected chi connectivity index (χ0v) is 19.3. The highest BCUT2D eigenvalue weighted by atomic mass is 19.1. The van der Waals surface area contributed by atoms with Crippen LogP contribution in [-0.4, -0.2) is 39.1 Å². The van der Waals surface area contributed by atoms with Crippen LogP contribution < -0.4 is 4.74 Å². The van der Waals surface area contributed by atoms with Crippen molar-refractivity contribution in [3.63, 3.8) is 0 Å². The van der Waals surface area contributed by atoms with Gasteiger partial charge >= 0.3 is 5.69 Å². The van der Waals surface area contributed by atoms with Gasteiger partial charge in [-0.25, -0.2) is 9.37 Å². The van der Waals surface area contributed by atoms with Gasteiger partial charge in [0.05, 0.1) is 22.6 Å². The van der Waals surface area contributed by atoms with E-state index in [1.54, 1.807) is 18.2 Å². The van der Waals surface area contributed by atoms with Crippen LogP contribution in [-0.2, 0) is 17.9 Å². The monoisotopic (exact) mass is 499 g/mol. The summed E-state index contributed by atoms with van der Waals surface area (Å²) in [4.78, 5) is 24.8. The summed E-state index contributed by atoms with van der Waals surface area (Å²) in [5.74, 6) is -0.606. The first kappa shape index (κ1) is 26.2. The summed E-state index contributed by atoms with van der Waals surface area (Å²) in [5.41, 5.74) is 1.79. The van der Waals surface area contributed by atoms with Crippen molar-refractivity contribution in [1.29, 1.82) is 0 Å². The van der Waals surface area contributed by atoms with E-state index in [4.69, 9.17) is 14.6 Å². The molecule has 1 N–H and O–H groups in total. The van der Waals surface area contributed by atoms with Crippen LogP contribution in [0, 0.1) is 21.7 Å². The minimum atomic E-state index is -1.03. The fourth-order valence-corrected chi connectivity index (χ4v) is 3.23. The Balaban J connectivity index is 0.000000275. The topological polar surface area (TPSA) is 117 Å². The van der Waals surface area contributed by atoms with Crippen LogP contribution in [0.5, 0.6) is 11.5 Å². The number of halogens is 2. The van der Waals surface area contributed by atoms with E-state index in [1.807, 2.05) is 23.6 Å². The Bertz CT molecular complexity index is 1340. The normalized spacial score (nSPS) is 10.5. The minimum absolute atomic E-state index is 0.273. The number of nitro groups is 1. The summed E-state index contributed by atoms with van der Waals surface area (Å²) >= 11 is 0. The number of benzene rings is 3. The maximum atomic E-state index is 12.9. The standard InChI is InChI=1S/C19H19FN2O3.C6H4FNO3/c1-2-24-10-9-22-18-11-16(7-8-17(18)21-19(22)12-23)25-13-14-3-5-15(20)6-4-14;7-5-3-4(9)1-2-6(5)8(10)11/h3-8,11-12H,2,9-10,13H2,1H3;1-3,9H. The maximum absolute atomic E-state index is 12.9. The van der Waals surface area contributed by atoms with E-state index in [0.717, 1.165) is 35.0 Å². The number of aromatic hydroxyl groups is 1. The molecular weight excluding hydrogens is 476 g/mol. The molecule has 11 heteroatoms. The smallest absolute Gasteiger partial charge is 0.305 e. The van der Waals surface area contributed by atoms with Gasteiger partial charge in [-0.2, -0.15) is 4.39 Å². The molecule has 0 atom stereocenters. The van der Waals surface area contributed by atoms with E-state index in [-0.39, 0.29) is 11.6 Å². The third-order valence-electron chi connectivity index (χ3n) is 4.96. The molecule has 0 radical (unpaired) electrons. The van der Waals surface area contributed by atoms with E-state index in [0.29, 0.717) is 44.0 Å². The second kappa shape index (κ2) is 12.4. The average molecular weight is 499 g/mol. The molecule has 0 amide bonds. The first-order valence-electron chi connectivity index (χ1n) is 10.9. The number of hydrogen-bond acceptors (Lipinski definition) is 7. The lowest BCUT2D eigenvalue weighted by Gasteiger charge is -2.09. The molecule has 3 aromatic carbocycles. The first-order chi connectivity index (χ1) is 17.3. The molecule has 9 nitrogen and oxygen atoms in total. The van der Waals surface area contributed by atoms with Crippen LogP contribution in [0.25, 0.3) is 11.0 Å². The lowest BCUT2D eigenvalue weighted by molar-refractivity contribution is -0.387. The molecule has 0 aliphatic heterocycles. The average Bonchev–Trinajstić information content (AvgIpc) is 3.21. The van der Waals surface area contributed by atoms with Gasteiger partial charge in [0.15, 0.2) is 12.1 Å². The molecule has 0 spiro atoms. The summed E-state index contributed by atoms with van der Waals surface area (Å²) in [6.07, 6.45) is 0.741. The van der Waals surface area contributed by atoms with Crippen molar-refractivity contribution in [2.45, 2.75) is 20.1 Å². The largest absolute Gasteiger partial charge is 0.508 e. The molecule has 1 heterocycles. The van der Waals surface area contributed by atoms with Crippen LogP contribution in [0.3, 0.4) is 0 Å². The van der Waals surface area contributed by atoms with Crippen molar-refractivity contribution in [3.8, 4) is 11.5 Å². The Labute approximate surface area is 204 Å². The molecule has 0 aliphatic carbocycles. The van der Waals surface area contributed by atoms with Gasteiger partial charge in [-0.15, -0.1) is 0 Å². The molecule has 36 heavy (non-hydrogen) atoms. The lowest BCUT2D eigenvalue weighted by Crippen LogP contribution is -2.09. The number of phenolic OH excluding ortho intramolecular Hbond substituents is 1. The Morgan fingerprint density at radius 3 is 2.50 bits per heavy atom. The van der Waals surface area contributed by atoms with E-state index < -0.39 is 16.4 Å². The number of nitro benzene ring substituents is 1. The highest BCUT2D eigenvalue weighted by Crippen LogP contribution is 2.23. The minimum Gasteiger partial charge on any atom is -0.508 e. The number of imidazole rings is 1. The van der Waals surface area contributed by atoms with Crippen LogP contribution >= 0.6 is 0 Å². The molecular formula is C25H23F2N3O6.